The van der Waals surface area contributed by atoms with Gasteiger partial charge in [0.25, 0.3) is 0 Å². The van der Waals surface area contributed by atoms with E-state index in [1.54, 1.807) is 6.92 Å². The van der Waals surface area contributed by atoms with Crippen LogP contribution in [0.2, 0.25) is 0 Å². The number of hydrogen-bond acceptors (Lipinski definition) is 5. The van der Waals surface area contributed by atoms with Gasteiger partial charge in [-0.25, -0.2) is 0 Å². The van der Waals surface area contributed by atoms with E-state index in [-0.39, 0.29) is 12.9 Å². The van der Waals surface area contributed by atoms with Gasteiger partial charge in [0.15, 0.2) is 6.29 Å². The van der Waals surface area contributed by atoms with Gasteiger partial charge in [0.1, 0.15) is 12.2 Å². The highest BCUT2D eigenvalue weighted by Gasteiger charge is 2.31. The molecular formula is C6H11NO5. The van der Waals surface area contributed by atoms with Crippen LogP contribution in [0.1, 0.15) is 6.92 Å². The van der Waals surface area contributed by atoms with E-state index in [1.807, 2.05) is 0 Å². The van der Waals surface area contributed by atoms with E-state index in [9.17, 15) is 15.2 Å². The van der Waals surface area contributed by atoms with Crippen LogP contribution in [-0.4, -0.2) is 41.7 Å². The molecule has 0 aliphatic carbocycles. The summed E-state index contributed by atoms with van der Waals surface area (Å²) in [6.45, 7) is 1.40. The molecule has 0 amide bonds. The first-order chi connectivity index (χ1) is 5.59. The molecule has 0 saturated carbocycles. The Morgan fingerprint density at radius 1 is 1.83 bits per heavy atom. The summed E-state index contributed by atoms with van der Waals surface area (Å²) in [4.78, 5) is 9.42. The second-order valence-electron chi connectivity index (χ2n) is 2.66. The molecule has 0 aromatic rings. The third kappa shape index (κ3) is 2.40. The van der Waals surface area contributed by atoms with Crippen LogP contribution in [0.3, 0.4) is 0 Å². The number of nitro groups is 1. The molecule has 0 aromatic heterocycles. The van der Waals surface area contributed by atoms with Crippen molar-refractivity contribution in [1.82, 2.24) is 0 Å². The molecule has 1 heterocycles. The summed E-state index contributed by atoms with van der Waals surface area (Å²) >= 11 is 0. The van der Waals surface area contributed by atoms with Crippen LogP contribution in [0.15, 0.2) is 0 Å². The zero-order valence-corrected chi connectivity index (χ0v) is 6.67. The van der Waals surface area contributed by atoms with E-state index in [1.165, 1.54) is 0 Å². The molecule has 1 rings (SSSR count). The maximum absolute atomic E-state index is 10.00. The van der Waals surface area contributed by atoms with Crippen LogP contribution in [0.25, 0.3) is 0 Å². The third-order valence-corrected chi connectivity index (χ3v) is 1.63. The molecule has 0 aromatic carbocycles. The van der Waals surface area contributed by atoms with Crippen LogP contribution >= 0.6 is 0 Å². The first-order valence-electron chi connectivity index (χ1n) is 3.66. The van der Waals surface area contributed by atoms with E-state index >= 15 is 0 Å². The molecular weight excluding hydrogens is 166 g/mol. The minimum absolute atomic E-state index is 0.218. The van der Waals surface area contributed by atoms with Gasteiger partial charge in [0.05, 0.1) is 6.61 Å². The quantitative estimate of drug-likeness (QED) is 0.459. The average molecular weight is 177 g/mol. The van der Waals surface area contributed by atoms with Crippen LogP contribution in [-0.2, 0) is 9.47 Å². The predicted molar refractivity (Wildman–Crippen MR) is 38.2 cm³/mol. The molecule has 3 unspecified atom stereocenters. The van der Waals surface area contributed by atoms with E-state index in [0.717, 1.165) is 0 Å². The zero-order chi connectivity index (χ0) is 9.14. The van der Waals surface area contributed by atoms with E-state index in [4.69, 9.17) is 9.47 Å². The molecule has 1 aliphatic rings. The largest absolute Gasteiger partial charge is 0.383 e. The summed E-state index contributed by atoms with van der Waals surface area (Å²) < 4.78 is 10.0. The molecule has 0 radical (unpaired) electrons. The third-order valence-electron chi connectivity index (χ3n) is 1.63. The smallest absolute Gasteiger partial charge is 0.232 e. The SMILES string of the molecule is CC1OCC(C(O)C[N+](=O)[O-])O1. The summed E-state index contributed by atoms with van der Waals surface area (Å²) in [6, 6.07) is 0. The number of aliphatic hydroxyl groups excluding tert-OH is 1. The van der Waals surface area contributed by atoms with Crippen molar-refractivity contribution in [3.8, 4) is 0 Å². The van der Waals surface area contributed by atoms with Gasteiger partial charge in [0, 0.05) is 4.92 Å². The van der Waals surface area contributed by atoms with Gasteiger partial charge in [-0.3, -0.25) is 10.1 Å². The van der Waals surface area contributed by atoms with Crippen LogP contribution < -0.4 is 0 Å². The molecule has 6 heteroatoms. The Labute approximate surface area is 69.2 Å². The van der Waals surface area contributed by atoms with Gasteiger partial charge in [-0.1, -0.05) is 0 Å². The fourth-order valence-corrected chi connectivity index (χ4v) is 1.03. The van der Waals surface area contributed by atoms with Crippen molar-refractivity contribution >= 4 is 0 Å². The molecule has 6 nitrogen and oxygen atoms in total. The van der Waals surface area contributed by atoms with E-state index in [2.05, 4.69) is 0 Å². The first kappa shape index (κ1) is 9.37. The van der Waals surface area contributed by atoms with Gasteiger partial charge in [-0.2, -0.15) is 0 Å². The fraction of sp³-hybridized carbons (Fsp3) is 1.00. The molecule has 1 N–H and O–H groups in total. The Kier molecular flexibility index (Phi) is 2.96. The Bertz CT molecular complexity index is 173. The summed E-state index contributed by atoms with van der Waals surface area (Å²) in [5, 5.41) is 19.2. The highest BCUT2D eigenvalue weighted by molar-refractivity contribution is 4.71. The maximum atomic E-state index is 10.00. The van der Waals surface area contributed by atoms with E-state index < -0.39 is 23.7 Å². The lowest BCUT2D eigenvalue weighted by atomic mass is 10.2. The standard InChI is InChI=1S/C6H11NO5/c1-4-11-3-6(12-4)5(8)2-7(9)10/h4-6,8H,2-3H2,1H3. The number of rotatable bonds is 3. The predicted octanol–water partition coefficient (Wildman–Crippen LogP) is -0.615. The highest BCUT2D eigenvalue weighted by atomic mass is 16.7. The average Bonchev–Trinajstić information content (AvgIpc) is 2.34. The molecule has 3 atom stereocenters. The van der Waals surface area contributed by atoms with Crippen LogP contribution in [0.5, 0.6) is 0 Å². The topological polar surface area (TPSA) is 81.8 Å². The number of ether oxygens (including phenoxy) is 2. The lowest BCUT2D eigenvalue weighted by molar-refractivity contribution is -0.492. The highest BCUT2D eigenvalue weighted by Crippen LogP contribution is 2.13. The lowest BCUT2D eigenvalue weighted by Gasteiger charge is -2.11. The van der Waals surface area contributed by atoms with Crippen molar-refractivity contribution in [3.05, 3.63) is 10.1 Å². The van der Waals surface area contributed by atoms with Crippen molar-refractivity contribution in [2.75, 3.05) is 13.2 Å². The molecule has 1 fully saturated rings. The van der Waals surface area contributed by atoms with E-state index in [0.29, 0.717) is 0 Å². The second-order valence-corrected chi connectivity index (χ2v) is 2.66. The number of hydrogen-bond donors (Lipinski definition) is 1. The summed E-state index contributed by atoms with van der Waals surface area (Å²) in [6.07, 6.45) is -2.02. The summed E-state index contributed by atoms with van der Waals surface area (Å²) in [5.74, 6) is 0. The zero-order valence-electron chi connectivity index (χ0n) is 6.67. The second kappa shape index (κ2) is 3.79. The number of nitrogens with zero attached hydrogens (tertiary/aromatic N) is 1. The molecule has 12 heavy (non-hydrogen) atoms. The summed E-state index contributed by atoms with van der Waals surface area (Å²) in [5.41, 5.74) is 0. The van der Waals surface area contributed by atoms with Crippen molar-refractivity contribution in [3.63, 3.8) is 0 Å². The minimum atomic E-state index is -1.08. The van der Waals surface area contributed by atoms with Crippen LogP contribution in [0, 0.1) is 10.1 Å². The summed E-state index contributed by atoms with van der Waals surface area (Å²) in [7, 11) is 0. The Balaban J connectivity index is 2.32. The Morgan fingerprint density at radius 2 is 2.50 bits per heavy atom. The maximum Gasteiger partial charge on any atom is 0.232 e. The fourth-order valence-electron chi connectivity index (χ4n) is 1.03. The molecule has 70 valence electrons. The normalized spacial score (nSPS) is 31.8. The van der Waals surface area contributed by atoms with Gasteiger partial charge in [-0.05, 0) is 6.92 Å². The molecule has 1 saturated heterocycles. The van der Waals surface area contributed by atoms with Gasteiger partial charge in [-0.15, -0.1) is 0 Å². The monoisotopic (exact) mass is 177 g/mol. The van der Waals surface area contributed by atoms with Gasteiger partial charge < -0.3 is 14.6 Å². The minimum Gasteiger partial charge on any atom is -0.383 e. The van der Waals surface area contributed by atoms with Gasteiger partial charge in [0.2, 0.25) is 6.54 Å². The lowest BCUT2D eigenvalue weighted by Crippen LogP contribution is -2.34. The first-order valence-corrected chi connectivity index (χ1v) is 3.66. The van der Waals surface area contributed by atoms with Crippen LogP contribution in [0.4, 0.5) is 0 Å². The molecule has 1 aliphatic heterocycles. The van der Waals surface area contributed by atoms with Crippen molar-refractivity contribution in [2.45, 2.75) is 25.4 Å². The Hall–Kier alpha value is -0.720. The molecule has 0 bridgehead atoms. The van der Waals surface area contributed by atoms with Crippen molar-refractivity contribution in [1.29, 1.82) is 0 Å². The van der Waals surface area contributed by atoms with Crippen molar-refractivity contribution in [2.24, 2.45) is 0 Å². The van der Waals surface area contributed by atoms with Crippen molar-refractivity contribution < 1.29 is 19.5 Å². The molecule has 0 spiro atoms. The number of aliphatic hydroxyl groups is 1. The van der Waals surface area contributed by atoms with Gasteiger partial charge >= 0.3 is 0 Å². The Morgan fingerprint density at radius 3 is 2.92 bits per heavy atom.